The van der Waals surface area contributed by atoms with Crippen LogP contribution in [0, 0.1) is 16.0 Å². The van der Waals surface area contributed by atoms with Gasteiger partial charge in [-0.05, 0) is 43.1 Å². The van der Waals surface area contributed by atoms with Crippen molar-refractivity contribution in [1.82, 2.24) is 4.90 Å². The molecule has 0 spiro atoms. The summed E-state index contributed by atoms with van der Waals surface area (Å²) in [5.41, 5.74) is 1.66. The molecule has 3 rings (SSSR count). The number of nitro benzene ring substituents is 1. The number of amides is 1. The van der Waals surface area contributed by atoms with Crippen molar-refractivity contribution in [3.8, 4) is 0 Å². The van der Waals surface area contributed by atoms with Gasteiger partial charge in [0, 0.05) is 35.4 Å². The minimum Gasteiger partial charge on any atom is -0.326 e. The number of hydrogen-bond donors (Lipinski definition) is 1. The van der Waals surface area contributed by atoms with Crippen LogP contribution in [0.1, 0.15) is 18.4 Å². The molecule has 6 nitrogen and oxygen atoms in total. The first-order valence-electron chi connectivity index (χ1n) is 8.53. The number of carbonyl (C=O) groups excluding carboxylic acids is 1. The number of halogens is 1. The quantitative estimate of drug-likeness (QED) is 0.583. The van der Waals surface area contributed by atoms with Crippen molar-refractivity contribution in [2.45, 2.75) is 19.4 Å². The van der Waals surface area contributed by atoms with Crippen LogP contribution in [0.2, 0.25) is 0 Å². The zero-order chi connectivity index (χ0) is 18.5. The van der Waals surface area contributed by atoms with E-state index >= 15 is 0 Å². The highest BCUT2D eigenvalue weighted by atomic mass is 79.9. The van der Waals surface area contributed by atoms with Crippen LogP contribution in [0.3, 0.4) is 0 Å². The van der Waals surface area contributed by atoms with Gasteiger partial charge in [0.2, 0.25) is 5.91 Å². The van der Waals surface area contributed by atoms with Crippen molar-refractivity contribution in [2.24, 2.45) is 5.92 Å². The lowest BCUT2D eigenvalue weighted by molar-refractivity contribution is -0.384. The first-order valence-corrected chi connectivity index (χ1v) is 9.33. The number of likely N-dealkylation sites (tertiary alicyclic amines) is 1. The zero-order valence-corrected chi connectivity index (χ0v) is 15.8. The van der Waals surface area contributed by atoms with E-state index in [0.717, 1.165) is 30.4 Å². The first-order chi connectivity index (χ1) is 12.5. The van der Waals surface area contributed by atoms with Crippen LogP contribution < -0.4 is 5.32 Å². The number of carbonyl (C=O) groups is 1. The highest BCUT2D eigenvalue weighted by Gasteiger charge is 2.26. The molecule has 2 aromatic rings. The lowest BCUT2D eigenvalue weighted by Gasteiger charge is -2.32. The fourth-order valence-electron chi connectivity index (χ4n) is 3.20. The molecule has 0 bridgehead atoms. The highest BCUT2D eigenvalue weighted by Crippen LogP contribution is 2.22. The Labute approximate surface area is 160 Å². The molecule has 0 radical (unpaired) electrons. The summed E-state index contributed by atoms with van der Waals surface area (Å²) in [6.07, 6.45) is 1.79. The molecule has 0 aromatic heterocycles. The normalized spacial score (nSPS) is 17.7. The minimum atomic E-state index is -0.462. The van der Waals surface area contributed by atoms with Crippen LogP contribution in [0.25, 0.3) is 0 Å². The summed E-state index contributed by atoms with van der Waals surface area (Å²) in [5, 5.41) is 13.7. The van der Waals surface area contributed by atoms with E-state index in [0.29, 0.717) is 12.2 Å². The molecule has 1 atom stereocenters. The molecule has 1 saturated heterocycles. The Bertz CT molecular complexity index is 795. The first kappa shape index (κ1) is 18.5. The van der Waals surface area contributed by atoms with Gasteiger partial charge in [-0.25, -0.2) is 0 Å². The number of non-ortho nitro benzene ring substituents is 1. The second kappa shape index (κ2) is 8.42. The maximum atomic E-state index is 12.6. The molecule has 1 heterocycles. The molecule has 0 saturated carbocycles. The van der Waals surface area contributed by atoms with Gasteiger partial charge in [0.15, 0.2) is 0 Å². The minimum absolute atomic E-state index is 0.0247. The molecule has 0 aliphatic carbocycles. The molecule has 136 valence electrons. The van der Waals surface area contributed by atoms with Gasteiger partial charge in [-0.15, -0.1) is 0 Å². The van der Waals surface area contributed by atoms with E-state index in [1.807, 2.05) is 12.1 Å². The molecule has 1 unspecified atom stereocenters. The summed E-state index contributed by atoms with van der Waals surface area (Å²) < 4.78 is 1.05. The van der Waals surface area contributed by atoms with Crippen molar-refractivity contribution < 1.29 is 9.72 Å². The largest absolute Gasteiger partial charge is 0.326 e. The monoisotopic (exact) mass is 417 g/mol. The van der Waals surface area contributed by atoms with Crippen molar-refractivity contribution in [2.75, 3.05) is 18.4 Å². The topological polar surface area (TPSA) is 75.5 Å². The van der Waals surface area contributed by atoms with E-state index in [1.165, 1.54) is 17.7 Å². The lowest BCUT2D eigenvalue weighted by atomic mass is 9.96. The van der Waals surface area contributed by atoms with Crippen LogP contribution in [0.5, 0.6) is 0 Å². The Hall–Kier alpha value is -2.25. The molecule has 1 fully saturated rings. The summed E-state index contributed by atoms with van der Waals surface area (Å²) >= 11 is 3.44. The Morgan fingerprint density at radius 3 is 2.77 bits per heavy atom. The Kier molecular flexibility index (Phi) is 6.00. The second-order valence-corrected chi connectivity index (χ2v) is 7.41. The van der Waals surface area contributed by atoms with Crippen molar-refractivity contribution >= 4 is 33.2 Å². The van der Waals surface area contributed by atoms with Crippen LogP contribution >= 0.6 is 15.9 Å². The van der Waals surface area contributed by atoms with E-state index in [-0.39, 0.29) is 17.5 Å². The van der Waals surface area contributed by atoms with E-state index in [4.69, 9.17) is 0 Å². The van der Waals surface area contributed by atoms with Crippen LogP contribution in [-0.2, 0) is 11.3 Å². The lowest BCUT2D eigenvalue weighted by Crippen LogP contribution is -2.40. The van der Waals surface area contributed by atoms with Gasteiger partial charge in [0.05, 0.1) is 10.8 Å². The van der Waals surface area contributed by atoms with Gasteiger partial charge in [-0.2, -0.15) is 0 Å². The Morgan fingerprint density at radius 2 is 2.04 bits per heavy atom. The fraction of sp³-hybridized carbons (Fsp3) is 0.316. The Balaban J connectivity index is 1.60. The van der Waals surface area contributed by atoms with E-state index in [2.05, 4.69) is 38.3 Å². The highest BCUT2D eigenvalue weighted by molar-refractivity contribution is 9.10. The molecular weight excluding hydrogens is 398 g/mol. The second-order valence-electron chi connectivity index (χ2n) is 6.50. The third kappa shape index (κ3) is 4.89. The van der Waals surface area contributed by atoms with E-state index in [9.17, 15) is 14.9 Å². The standard InChI is InChI=1S/C19H20BrN3O3/c20-16-8-6-14(7-9-16)12-22-10-2-3-15(13-22)19(24)21-17-4-1-5-18(11-17)23(25)26/h1,4-9,11,15H,2-3,10,12-13H2,(H,21,24). The van der Waals surface area contributed by atoms with Crippen LogP contribution in [-0.4, -0.2) is 28.8 Å². The van der Waals surface area contributed by atoms with E-state index < -0.39 is 4.92 Å². The third-order valence-electron chi connectivity index (χ3n) is 4.52. The molecule has 1 N–H and O–H groups in total. The molecule has 1 aliphatic heterocycles. The number of nitrogens with zero attached hydrogens (tertiary/aromatic N) is 2. The number of nitrogens with one attached hydrogen (secondary N) is 1. The number of hydrogen-bond acceptors (Lipinski definition) is 4. The third-order valence-corrected chi connectivity index (χ3v) is 5.05. The predicted molar refractivity (Wildman–Crippen MR) is 104 cm³/mol. The molecule has 2 aromatic carbocycles. The van der Waals surface area contributed by atoms with Gasteiger partial charge < -0.3 is 5.32 Å². The van der Waals surface area contributed by atoms with Gasteiger partial charge in [-0.3, -0.25) is 19.8 Å². The number of rotatable bonds is 5. The number of piperidine rings is 1. The maximum Gasteiger partial charge on any atom is 0.271 e. The smallest absolute Gasteiger partial charge is 0.271 e. The Morgan fingerprint density at radius 1 is 1.27 bits per heavy atom. The average Bonchev–Trinajstić information content (AvgIpc) is 2.64. The molecule has 7 heteroatoms. The SMILES string of the molecule is O=C(Nc1cccc([N+](=O)[O-])c1)C1CCCN(Cc2ccc(Br)cc2)C1. The number of benzene rings is 2. The van der Waals surface area contributed by atoms with Gasteiger partial charge in [0.1, 0.15) is 0 Å². The van der Waals surface area contributed by atoms with E-state index in [1.54, 1.807) is 12.1 Å². The van der Waals surface area contributed by atoms with Crippen molar-refractivity contribution in [1.29, 1.82) is 0 Å². The summed E-state index contributed by atoms with van der Waals surface area (Å²) in [4.78, 5) is 25.3. The summed E-state index contributed by atoms with van der Waals surface area (Å²) in [7, 11) is 0. The molecule has 1 aliphatic rings. The average molecular weight is 418 g/mol. The maximum absolute atomic E-state index is 12.6. The predicted octanol–water partition coefficient (Wildman–Crippen LogP) is 4.21. The van der Waals surface area contributed by atoms with Crippen molar-refractivity contribution in [3.63, 3.8) is 0 Å². The molecule has 26 heavy (non-hydrogen) atoms. The number of anilines is 1. The summed E-state index contributed by atoms with van der Waals surface area (Å²) in [6, 6.07) is 14.3. The zero-order valence-electron chi connectivity index (χ0n) is 14.2. The van der Waals surface area contributed by atoms with Gasteiger partial charge >= 0.3 is 0 Å². The van der Waals surface area contributed by atoms with Crippen LogP contribution in [0.4, 0.5) is 11.4 Å². The molecule has 1 amide bonds. The van der Waals surface area contributed by atoms with Gasteiger partial charge in [-0.1, -0.05) is 34.1 Å². The van der Waals surface area contributed by atoms with Crippen molar-refractivity contribution in [3.05, 3.63) is 68.7 Å². The molecular formula is C19H20BrN3O3. The number of nitro groups is 1. The van der Waals surface area contributed by atoms with Crippen LogP contribution in [0.15, 0.2) is 53.0 Å². The summed E-state index contributed by atoms with van der Waals surface area (Å²) in [6.45, 7) is 2.47. The fourth-order valence-corrected chi connectivity index (χ4v) is 3.47. The summed E-state index contributed by atoms with van der Waals surface area (Å²) in [5.74, 6) is -0.190. The van der Waals surface area contributed by atoms with Gasteiger partial charge in [0.25, 0.3) is 5.69 Å².